The third kappa shape index (κ3) is 4.48. The summed E-state index contributed by atoms with van der Waals surface area (Å²) in [4.78, 5) is 26.4. The molecule has 0 fully saturated rings. The van der Waals surface area contributed by atoms with Gasteiger partial charge in [-0.05, 0) is 39.3 Å². The molecule has 156 valence electrons. The summed E-state index contributed by atoms with van der Waals surface area (Å²) in [5, 5.41) is 0. The number of imidazole rings is 1. The summed E-state index contributed by atoms with van der Waals surface area (Å²) in [7, 11) is 0. The molecule has 1 aliphatic heterocycles. The predicted molar refractivity (Wildman–Crippen MR) is 117 cm³/mol. The normalized spacial score (nSPS) is 16.7. The largest absolute Gasteiger partial charge is 0.444 e. The van der Waals surface area contributed by atoms with Gasteiger partial charge < -0.3 is 14.1 Å². The zero-order valence-corrected chi connectivity index (χ0v) is 18.6. The number of hydrogen-bond donors (Lipinski definition) is 1. The Bertz CT molecular complexity index is 1080. The second-order valence-corrected chi connectivity index (χ2v) is 8.97. The lowest BCUT2D eigenvalue weighted by molar-refractivity contribution is 0.0184. The second-order valence-electron chi connectivity index (χ2n) is 8.06. The molecule has 0 bridgehead atoms. The first-order valence-electron chi connectivity index (χ1n) is 9.73. The van der Waals surface area contributed by atoms with Crippen LogP contribution in [0.3, 0.4) is 0 Å². The molecular formula is C22H23BrN4O3. The maximum Gasteiger partial charge on any atom is 0.411 e. The van der Waals surface area contributed by atoms with Gasteiger partial charge in [-0.3, -0.25) is 4.90 Å². The number of amides is 1. The Morgan fingerprint density at radius 2 is 2.13 bits per heavy atom. The molecule has 3 heterocycles. The first-order valence-corrected chi connectivity index (χ1v) is 10.5. The van der Waals surface area contributed by atoms with Gasteiger partial charge in [0.1, 0.15) is 23.2 Å². The van der Waals surface area contributed by atoms with Crippen molar-refractivity contribution in [2.24, 2.45) is 0 Å². The highest BCUT2D eigenvalue weighted by Crippen LogP contribution is 2.30. The number of nitrogens with one attached hydrogen (secondary N) is 1. The molecule has 0 spiro atoms. The van der Waals surface area contributed by atoms with Crippen molar-refractivity contribution in [2.75, 3.05) is 6.54 Å². The summed E-state index contributed by atoms with van der Waals surface area (Å²) in [6, 6.07) is 7.49. The number of aromatic amines is 1. The molecule has 3 aromatic rings. The summed E-state index contributed by atoms with van der Waals surface area (Å²) >= 11 is 3.47. The minimum Gasteiger partial charge on any atom is -0.444 e. The Labute approximate surface area is 183 Å². The van der Waals surface area contributed by atoms with Crippen LogP contribution in [-0.4, -0.2) is 38.1 Å². The fraction of sp³-hybridized carbons (Fsp3) is 0.318. The van der Waals surface area contributed by atoms with Gasteiger partial charge in [0.25, 0.3) is 0 Å². The van der Waals surface area contributed by atoms with Crippen LogP contribution in [-0.2, 0) is 4.74 Å². The molecule has 1 amide bonds. The fourth-order valence-electron chi connectivity index (χ4n) is 3.22. The maximum atomic E-state index is 12.7. The summed E-state index contributed by atoms with van der Waals surface area (Å²) in [5.74, 6) is 1.73. The maximum absolute atomic E-state index is 12.7. The number of H-pyrrole nitrogens is 1. The van der Waals surface area contributed by atoms with Gasteiger partial charge in [0.2, 0.25) is 5.89 Å². The van der Waals surface area contributed by atoms with E-state index in [2.05, 4.69) is 30.9 Å². The van der Waals surface area contributed by atoms with Crippen molar-refractivity contribution in [3.8, 4) is 22.9 Å². The van der Waals surface area contributed by atoms with Gasteiger partial charge >= 0.3 is 6.09 Å². The SMILES string of the molecule is CC(C)(C)OC(=O)N1CCC=C[C@H]1c1ncc(-c2ncc(-c3cccc(Br)c3)o2)[nH]1. The third-order valence-electron chi connectivity index (χ3n) is 4.54. The molecule has 7 nitrogen and oxygen atoms in total. The van der Waals surface area contributed by atoms with Crippen LogP contribution < -0.4 is 0 Å². The Morgan fingerprint density at radius 1 is 1.30 bits per heavy atom. The van der Waals surface area contributed by atoms with Crippen LogP contribution >= 0.6 is 15.9 Å². The van der Waals surface area contributed by atoms with Crippen molar-refractivity contribution < 1.29 is 13.9 Å². The summed E-state index contributed by atoms with van der Waals surface area (Å²) < 4.78 is 12.5. The van der Waals surface area contributed by atoms with Crippen LogP contribution in [0.25, 0.3) is 22.9 Å². The predicted octanol–water partition coefficient (Wildman–Crippen LogP) is 5.73. The average molecular weight is 471 g/mol. The van der Waals surface area contributed by atoms with Crippen molar-refractivity contribution in [3.63, 3.8) is 0 Å². The van der Waals surface area contributed by atoms with Crippen molar-refractivity contribution in [2.45, 2.75) is 38.8 Å². The Balaban J connectivity index is 1.57. The van der Waals surface area contributed by atoms with Gasteiger partial charge in [-0.15, -0.1) is 0 Å². The van der Waals surface area contributed by atoms with Crippen LogP contribution in [0.1, 0.15) is 39.1 Å². The summed E-state index contributed by atoms with van der Waals surface area (Å²) in [6.45, 7) is 6.14. The van der Waals surface area contributed by atoms with E-state index in [1.54, 1.807) is 17.3 Å². The van der Waals surface area contributed by atoms with Crippen LogP contribution in [0.4, 0.5) is 4.79 Å². The van der Waals surface area contributed by atoms with Gasteiger partial charge in [0.15, 0.2) is 5.76 Å². The van der Waals surface area contributed by atoms with Gasteiger partial charge in [0, 0.05) is 16.6 Å². The van der Waals surface area contributed by atoms with E-state index in [1.807, 2.05) is 57.2 Å². The van der Waals surface area contributed by atoms with E-state index < -0.39 is 5.60 Å². The van der Waals surface area contributed by atoms with Gasteiger partial charge in [-0.2, -0.15) is 0 Å². The quantitative estimate of drug-likeness (QED) is 0.493. The number of nitrogens with zero attached hydrogens (tertiary/aromatic N) is 3. The number of oxazole rings is 1. The Kier molecular flexibility index (Phi) is 5.51. The smallest absolute Gasteiger partial charge is 0.411 e. The molecule has 4 rings (SSSR count). The Hall–Kier alpha value is -2.87. The molecule has 1 aromatic carbocycles. The van der Waals surface area contributed by atoms with E-state index >= 15 is 0 Å². The average Bonchev–Trinajstić information content (AvgIpc) is 3.36. The lowest BCUT2D eigenvalue weighted by Gasteiger charge is -2.33. The van der Waals surface area contributed by atoms with Gasteiger partial charge in [0.05, 0.1) is 12.4 Å². The lowest BCUT2D eigenvalue weighted by Crippen LogP contribution is -2.40. The van der Waals surface area contributed by atoms with E-state index in [0.29, 0.717) is 29.7 Å². The van der Waals surface area contributed by atoms with E-state index in [1.165, 1.54) is 0 Å². The van der Waals surface area contributed by atoms with Crippen molar-refractivity contribution in [3.05, 3.63) is 59.1 Å². The minimum absolute atomic E-state index is 0.332. The van der Waals surface area contributed by atoms with Crippen LogP contribution in [0.5, 0.6) is 0 Å². The lowest BCUT2D eigenvalue weighted by atomic mass is 10.1. The molecule has 0 radical (unpaired) electrons. The number of benzene rings is 1. The molecule has 1 N–H and O–H groups in total. The van der Waals surface area contributed by atoms with E-state index in [-0.39, 0.29) is 12.1 Å². The highest BCUT2D eigenvalue weighted by molar-refractivity contribution is 9.10. The molecule has 1 atom stereocenters. The van der Waals surface area contributed by atoms with Gasteiger partial charge in [-0.25, -0.2) is 14.8 Å². The second kappa shape index (κ2) is 8.10. The van der Waals surface area contributed by atoms with Crippen LogP contribution in [0.2, 0.25) is 0 Å². The fourth-order valence-corrected chi connectivity index (χ4v) is 3.61. The molecule has 0 unspecified atom stereocenters. The molecule has 8 heteroatoms. The number of carbonyl (C=O) groups excluding carboxylic acids is 1. The van der Waals surface area contributed by atoms with Crippen molar-refractivity contribution in [1.29, 1.82) is 0 Å². The Morgan fingerprint density at radius 3 is 2.90 bits per heavy atom. The van der Waals surface area contributed by atoms with E-state index in [0.717, 1.165) is 16.5 Å². The first kappa shape index (κ1) is 20.4. The topological polar surface area (TPSA) is 84.2 Å². The number of rotatable bonds is 3. The summed E-state index contributed by atoms with van der Waals surface area (Å²) in [6.07, 6.45) is 7.77. The number of hydrogen-bond acceptors (Lipinski definition) is 5. The minimum atomic E-state index is -0.557. The number of halogens is 1. The van der Waals surface area contributed by atoms with Crippen LogP contribution in [0.15, 0.2) is 57.7 Å². The first-order chi connectivity index (χ1) is 14.3. The highest BCUT2D eigenvalue weighted by atomic mass is 79.9. The molecular weight excluding hydrogens is 448 g/mol. The van der Waals surface area contributed by atoms with Crippen LogP contribution in [0, 0.1) is 0 Å². The van der Waals surface area contributed by atoms with Crippen molar-refractivity contribution >= 4 is 22.0 Å². The van der Waals surface area contributed by atoms with E-state index in [4.69, 9.17) is 9.15 Å². The third-order valence-corrected chi connectivity index (χ3v) is 5.03. The standard InChI is InChI=1S/C22H23BrN4O3/c1-22(2,3)30-21(28)27-10-5-4-9-17(27)19-24-12-16(26-19)20-25-13-18(29-20)14-7-6-8-15(23)11-14/h4,6-9,11-13,17H,5,10H2,1-3H3,(H,24,26)/t17-/m0/s1. The molecule has 30 heavy (non-hydrogen) atoms. The molecule has 0 aliphatic carbocycles. The number of carbonyl (C=O) groups is 1. The number of aromatic nitrogens is 3. The molecule has 1 aliphatic rings. The van der Waals surface area contributed by atoms with Gasteiger partial charge in [-0.1, -0.05) is 40.2 Å². The molecule has 0 saturated heterocycles. The zero-order chi connectivity index (χ0) is 21.3. The van der Waals surface area contributed by atoms with Crippen molar-refractivity contribution in [1.82, 2.24) is 19.9 Å². The monoisotopic (exact) mass is 470 g/mol. The summed E-state index contributed by atoms with van der Waals surface area (Å²) in [5.41, 5.74) is 1.02. The molecule has 2 aromatic heterocycles. The van der Waals surface area contributed by atoms with E-state index in [9.17, 15) is 4.79 Å². The molecule has 0 saturated carbocycles. The zero-order valence-electron chi connectivity index (χ0n) is 17.1. The highest BCUT2D eigenvalue weighted by Gasteiger charge is 2.31. The number of ether oxygens (including phenoxy) is 1.